The molecule has 0 aliphatic rings. The fourth-order valence-electron chi connectivity index (χ4n) is 0.626. The van der Waals surface area contributed by atoms with Gasteiger partial charge in [0.15, 0.2) is 0 Å². The molecule has 12 heavy (non-hydrogen) atoms. The van der Waals surface area contributed by atoms with Crippen molar-refractivity contribution in [2.24, 2.45) is 5.73 Å². The van der Waals surface area contributed by atoms with Gasteiger partial charge >= 0.3 is 5.97 Å². The average Bonchev–Trinajstić information content (AvgIpc) is 2.04. The van der Waals surface area contributed by atoms with Crippen LogP contribution < -0.4 is 5.73 Å². The first-order chi connectivity index (χ1) is 5.61. The smallest absolute Gasteiger partial charge is 0.323 e. The molecule has 0 radical (unpaired) electrons. The Hall–Kier alpha value is -0.610. The highest BCUT2D eigenvalue weighted by Crippen LogP contribution is 1.99. The second-order valence-electron chi connectivity index (χ2n) is 2.77. The molecule has 0 aliphatic heterocycles. The summed E-state index contributed by atoms with van der Waals surface area (Å²) in [5.74, 6) is -0.432. The topological polar surface area (TPSA) is 72.5 Å². The van der Waals surface area contributed by atoms with E-state index in [0.717, 1.165) is 6.42 Å². The van der Waals surface area contributed by atoms with Gasteiger partial charge in [0.2, 0.25) is 0 Å². The Kier molecular flexibility index (Phi) is 5.66. The molecule has 0 aromatic carbocycles. The fourth-order valence-corrected chi connectivity index (χ4v) is 0.626. The van der Waals surface area contributed by atoms with E-state index in [1.54, 1.807) is 0 Å². The van der Waals surface area contributed by atoms with Gasteiger partial charge in [0, 0.05) is 6.61 Å². The van der Waals surface area contributed by atoms with Gasteiger partial charge in [-0.05, 0) is 19.8 Å². The number of ether oxygens (including phenoxy) is 1. The third-order valence-electron chi connectivity index (χ3n) is 1.64. The van der Waals surface area contributed by atoms with Crippen LogP contribution in [0.3, 0.4) is 0 Å². The number of carbonyl (C=O) groups excluding carboxylic acids is 1. The molecule has 0 bridgehead atoms. The Morgan fingerprint density at radius 3 is 2.67 bits per heavy atom. The lowest BCUT2D eigenvalue weighted by atomic mass is 10.2. The molecular formula is C8H17NO3. The third-order valence-corrected chi connectivity index (χ3v) is 1.64. The van der Waals surface area contributed by atoms with Crippen molar-refractivity contribution in [3.05, 3.63) is 0 Å². The van der Waals surface area contributed by atoms with Crippen molar-refractivity contribution in [1.82, 2.24) is 0 Å². The first-order valence-electron chi connectivity index (χ1n) is 4.18. The number of aliphatic hydroxyl groups is 1. The molecule has 0 spiro atoms. The van der Waals surface area contributed by atoms with Crippen molar-refractivity contribution in [3.8, 4) is 0 Å². The molecule has 0 aromatic rings. The van der Waals surface area contributed by atoms with Gasteiger partial charge in [-0.25, -0.2) is 0 Å². The molecule has 0 saturated carbocycles. The maximum atomic E-state index is 11.0. The van der Waals surface area contributed by atoms with Crippen molar-refractivity contribution in [2.75, 3.05) is 6.61 Å². The highest BCUT2D eigenvalue weighted by atomic mass is 16.5. The van der Waals surface area contributed by atoms with Crippen LogP contribution in [0.25, 0.3) is 0 Å². The highest BCUT2D eigenvalue weighted by molar-refractivity contribution is 5.75. The zero-order valence-electron chi connectivity index (χ0n) is 7.62. The monoisotopic (exact) mass is 175 g/mol. The Bertz CT molecular complexity index is 138. The minimum absolute atomic E-state index is 0.0865. The van der Waals surface area contributed by atoms with Crippen molar-refractivity contribution in [3.63, 3.8) is 0 Å². The zero-order valence-corrected chi connectivity index (χ0v) is 7.62. The number of carbonyl (C=O) groups is 1. The van der Waals surface area contributed by atoms with Gasteiger partial charge in [0.05, 0.1) is 6.10 Å². The SMILES string of the molecule is CCC(C)OC(=O)C(N)CCO. The number of esters is 1. The molecule has 2 unspecified atom stereocenters. The molecule has 0 aliphatic carbocycles. The van der Waals surface area contributed by atoms with E-state index in [0.29, 0.717) is 0 Å². The number of hydrogen-bond acceptors (Lipinski definition) is 4. The van der Waals surface area contributed by atoms with Crippen LogP contribution in [0.5, 0.6) is 0 Å². The van der Waals surface area contributed by atoms with Crippen molar-refractivity contribution in [1.29, 1.82) is 0 Å². The van der Waals surface area contributed by atoms with Gasteiger partial charge in [-0.2, -0.15) is 0 Å². The first-order valence-corrected chi connectivity index (χ1v) is 4.18. The molecule has 4 heteroatoms. The second kappa shape index (κ2) is 5.97. The number of hydrogen-bond donors (Lipinski definition) is 2. The van der Waals surface area contributed by atoms with Gasteiger partial charge in [-0.1, -0.05) is 6.92 Å². The minimum Gasteiger partial charge on any atom is -0.462 e. The van der Waals surface area contributed by atoms with E-state index in [9.17, 15) is 4.79 Å². The van der Waals surface area contributed by atoms with E-state index in [4.69, 9.17) is 15.6 Å². The Labute approximate surface area is 72.7 Å². The van der Waals surface area contributed by atoms with Crippen LogP contribution in [-0.4, -0.2) is 29.8 Å². The van der Waals surface area contributed by atoms with Crippen molar-refractivity contribution in [2.45, 2.75) is 38.8 Å². The van der Waals surface area contributed by atoms with Crippen molar-refractivity contribution >= 4 is 5.97 Å². The molecule has 0 aromatic heterocycles. The maximum Gasteiger partial charge on any atom is 0.323 e. The van der Waals surface area contributed by atoms with E-state index in [2.05, 4.69) is 0 Å². The lowest BCUT2D eigenvalue weighted by Crippen LogP contribution is -2.35. The van der Waals surface area contributed by atoms with Crippen LogP contribution in [0, 0.1) is 0 Å². The summed E-state index contributed by atoms with van der Waals surface area (Å²) >= 11 is 0. The van der Waals surface area contributed by atoms with E-state index >= 15 is 0 Å². The van der Waals surface area contributed by atoms with Crippen molar-refractivity contribution < 1.29 is 14.6 Å². The fraction of sp³-hybridized carbons (Fsp3) is 0.875. The Morgan fingerprint density at radius 2 is 2.25 bits per heavy atom. The molecule has 3 N–H and O–H groups in total. The number of rotatable bonds is 5. The summed E-state index contributed by atoms with van der Waals surface area (Å²) in [6, 6.07) is -0.691. The predicted octanol–water partition coefficient (Wildman–Crippen LogP) is 0.0378. The lowest BCUT2D eigenvalue weighted by molar-refractivity contribution is -0.150. The summed E-state index contributed by atoms with van der Waals surface area (Å²) in [5, 5.41) is 8.49. The summed E-state index contributed by atoms with van der Waals surface area (Å²) in [5.41, 5.74) is 5.40. The maximum absolute atomic E-state index is 11.0. The predicted molar refractivity (Wildman–Crippen MR) is 45.5 cm³/mol. The van der Waals surface area contributed by atoms with E-state index in [-0.39, 0.29) is 19.1 Å². The van der Waals surface area contributed by atoms with Crippen LogP contribution in [-0.2, 0) is 9.53 Å². The standard InChI is InChI=1S/C8H17NO3/c1-3-6(2)12-8(11)7(9)4-5-10/h6-7,10H,3-5,9H2,1-2H3. The summed E-state index contributed by atoms with van der Waals surface area (Å²) in [6.45, 7) is 3.65. The molecule has 4 nitrogen and oxygen atoms in total. The second-order valence-corrected chi connectivity index (χ2v) is 2.77. The summed E-state index contributed by atoms with van der Waals surface area (Å²) in [4.78, 5) is 11.0. The summed E-state index contributed by atoms with van der Waals surface area (Å²) in [6.07, 6.45) is 0.939. The molecule has 0 heterocycles. The Balaban J connectivity index is 3.70. The van der Waals surface area contributed by atoms with E-state index in [1.807, 2.05) is 13.8 Å². The lowest BCUT2D eigenvalue weighted by Gasteiger charge is -2.14. The summed E-state index contributed by atoms with van der Waals surface area (Å²) < 4.78 is 4.94. The molecule has 0 rings (SSSR count). The molecule has 72 valence electrons. The third kappa shape index (κ3) is 4.31. The average molecular weight is 175 g/mol. The van der Waals surface area contributed by atoms with E-state index in [1.165, 1.54) is 0 Å². The van der Waals surface area contributed by atoms with Gasteiger partial charge in [0.25, 0.3) is 0 Å². The molecule has 0 fully saturated rings. The quantitative estimate of drug-likeness (QED) is 0.578. The van der Waals surface area contributed by atoms with Crippen LogP contribution in [0.4, 0.5) is 0 Å². The zero-order chi connectivity index (χ0) is 9.56. The van der Waals surface area contributed by atoms with Crippen LogP contribution in [0.2, 0.25) is 0 Å². The largest absolute Gasteiger partial charge is 0.462 e. The highest BCUT2D eigenvalue weighted by Gasteiger charge is 2.15. The minimum atomic E-state index is -0.691. The number of nitrogens with two attached hydrogens (primary N) is 1. The summed E-state index contributed by atoms with van der Waals surface area (Å²) in [7, 11) is 0. The number of aliphatic hydroxyl groups excluding tert-OH is 1. The van der Waals surface area contributed by atoms with Gasteiger partial charge in [-0.3, -0.25) is 4.79 Å². The van der Waals surface area contributed by atoms with Crippen LogP contribution in [0.15, 0.2) is 0 Å². The van der Waals surface area contributed by atoms with Crippen LogP contribution in [0.1, 0.15) is 26.7 Å². The Morgan fingerprint density at radius 1 is 1.67 bits per heavy atom. The van der Waals surface area contributed by atoms with E-state index < -0.39 is 12.0 Å². The molecular weight excluding hydrogens is 158 g/mol. The first kappa shape index (κ1) is 11.4. The van der Waals surface area contributed by atoms with Crippen LogP contribution >= 0.6 is 0 Å². The van der Waals surface area contributed by atoms with Gasteiger partial charge in [-0.15, -0.1) is 0 Å². The van der Waals surface area contributed by atoms with Gasteiger partial charge < -0.3 is 15.6 Å². The molecule has 0 saturated heterocycles. The molecule has 2 atom stereocenters. The normalized spacial score (nSPS) is 15.3. The molecule has 0 amide bonds. The van der Waals surface area contributed by atoms with Gasteiger partial charge in [0.1, 0.15) is 6.04 Å².